The van der Waals surface area contributed by atoms with Crippen molar-refractivity contribution < 1.29 is 4.79 Å². The minimum absolute atomic E-state index is 0.0787. The first-order valence-corrected chi connectivity index (χ1v) is 10.6. The fourth-order valence-corrected chi connectivity index (χ4v) is 4.66. The van der Waals surface area contributed by atoms with Crippen LogP contribution in [-0.4, -0.2) is 63.7 Å². The van der Waals surface area contributed by atoms with Crippen molar-refractivity contribution in [2.45, 2.75) is 11.7 Å². The second-order valence-electron chi connectivity index (χ2n) is 7.12. The van der Waals surface area contributed by atoms with Gasteiger partial charge in [-0.25, -0.2) is 4.98 Å². The zero-order valence-electron chi connectivity index (χ0n) is 15.7. The fraction of sp³-hybridized carbons (Fsp3) is 0.381. The molecule has 0 radical (unpaired) electrons. The maximum Gasteiger partial charge on any atom is 0.254 e. The second-order valence-corrected chi connectivity index (χ2v) is 8.11. The molecule has 28 heavy (non-hydrogen) atoms. The molecule has 0 aliphatic carbocycles. The largest absolute Gasteiger partial charge is 0.340 e. The van der Waals surface area contributed by atoms with Crippen molar-refractivity contribution in [3.8, 4) is 0 Å². The maximum absolute atomic E-state index is 12.9. The van der Waals surface area contributed by atoms with Crippen LogP contribution in [0.15, 0.2) is 58.6 Å². The molecule has 1 unspecified atom stereocenters. The first-order valence-electron chi connectivity index (χ1n) is 9.62. The van der Waals surface area contributed by atoms with Crippen LogP contribution >= 0.6 is 11.8 Å². The molecule has 0 bridgehead atoms. The average molecular weight is 397 g/mol. The van der Waals surface area contributed by atoms with E-state index in [2.05, 4.69) is 34.2 Å². The lowest BCUT2D eigenvalue weighted by molar-refractivity contribution is -0.137. The quantitative estimate of drug-likeness (QED) is 0.738. The Bertz CT molecular complexity index is 904. The molecular formula is C21H24N4O2S. The zero-order chi connectivity index (χ0) is 19.3. The smallest absolute Gasteiger partial charge is 0.254 e. The summed E-state index contributed by atoms with van der Waals surface area (Å²) in [4.78, 5) is 33.5. The number of amides is 1. The highest BCUT2D eigenvalue weighted by atomic mass is 32.2. The number of fused-ring (bicyclic) bond motifs is 1. The molecule has 2 aliphatic heterocycles. The van der Waals surface area contributed by atoms with Crippen LogP contribution in [0.5, 0.6) is 0 Å². The molecule has 2 aliphatic rings. The number of thioether (sulfide) groups is 1. The van der Waals surface area contributed by atoms with E-state index in [4.69, 9.17) is 0 Å². The molecular weight excluding hydrogens is 372 g/mol. The van der Waals surface area contributed by atoms with Gasteiger partial charge in [0.25, 0.3) is 5.56 Å². The highest BCUT2D eigenvalue weighted by Gasteiger charge is 2.31. The van der Waals surface area contributed by atoms with Crippen LogP contribution in [0, 0.1) is 5.92 Å². The molecule has 0 saturated carbocycles. The average Bonchev–Trinajstić information content (AvgIpc) is 2.75. The van der Waals surface area contributed by atoms with Gasteiger partial charge < -0.3 is 4.90 Å². The van der Waals surface area contributed by atoms with Crippen LogP contribution in [0.1, 0.15) is 5.56 Å². The number of rotatable bonds is 4. The lowest BCUT2D eigenvalue weighted by Crippen LogP contribution is -2.51. The van der Waals surface area contributed by atoms with E-state index in [-0.39, 0.29) is 17.4 Å². The van der Waals surface area contributed by atoms with Crippen LogP contribution < -0.4 is 5.56 Å². The molecule has 7 heteroatoms. The molecule has 4 rings (SSSR count). The number of hydrogen-bond acceptors (Lipinski definition) is 5. The van der Waals surface area contributed by atoms with Crippen LogP contribution in [0.3, 0.4) is 0 Å². The Balaban J connectivity index is 1.28. The lowest BCUT2D eigenvalue weighted by atomic mass is 10.1. The van der Waals surface area contributed by atoms with E-state index in [0.717, 1.165) is 32.7 Å². The van der Waals surface area contributed by atoms with Crippen molar-refractivity contribution in [2.24, 2.45) is 5.92 Å². The van der Waals surface area contributed by atoms with Gasteiger partial charge in [0.2, 0.25) is 5.91 Å². The number of carbonyl (C=O) groups is 1. The Morgan fingerprint density at radius 3 is 2.71 bits per heavy atom. The summed E-state index contributed by atoms with van der Waals surface area (Å²) in [5.74, 6) is 0.701. The number of carbonyl (C=O) groups excluding carboxylic acids is 1. The van der Waals surface area contributed by atoms with Crippen molar-refractivity contribution in [2.75, 3.05) is 38.5 Å². The summed E-state index contributed by atoms with van der Waals surface area (Å²) in [5.41, 5.74) is 1.13. The Kier molecular flexibility index (Phi) is 5.92. The normalized spacial score (nSPS) is 20.3. The summed E-state index contributed by atoms with van der Waals surface area (Å²) in [6.45, 7) is 4.58. The van der Waals surface area contributed by atoms with E-state index in [1.807, 2.05) is 23.1 Å². The zero-order valence-corrected chi connectivity index (χ0v) is 16.6. The van der Waals surface area contributed by atoms with E-state index >= 15 is 0 Å². The van der Waals surface area contributed by atoms with Crippen molar-refractivity contribution in [1.29, 1.82) is 0 Å². The number of piperazine rings is 1. The fourth-order valence-electron chi connectivity index (χ4n) is 3.61. The van der Waals surface area contributed by atoms with Crippen molar-refractivity contribution >= 4 is 23.7 Å². The monoisotopic (exact) mass is 396 g/mol. The minimum atomic E-state index is -0.149. The third kappa shape index (κ3) is 4.36. The van der Waals surface area contributed by atoms with E-state index in [1.165, 1.54) is 29.6 Å². The first kappa shape index (κ1) is 19.0. The topological polar surface area (TPSA) is 58.4 Å². The Hall–Kier alpha value is -2.38. The molecule has 0 N–H and O–H groups in total. The predicted molar refractivity (Wildman–Crippen MR) is 111 cm³/mol. The number of aromatic nitrogens is 2. The molecule has 1 saturated heterocycles. The second kappa shape index (κ2) is 8.75. The molecule has 1 fully saturated rings. The molecule has 1 aromatic heterocycles. The molecule has 1 aromatic carbocycles. The van der Waals surface area contributed by atoms with E-state index < -0.39 is 0 Å². The number of nitrogens with zero attached hydrogens (tertiary/aromatic N) is 4. The molecule has 6 nitrogen and oxygen atoms in total. The third-order valence-electron chi connectivity index (χ3n) is 5.22. The molecule has 1 amide bonds. The molecule has 146 valence electrons. The third-order valence-corrected chi connectivity index (χ3v) is 6.38. The summed E-state index contributed by atoms with van der Waals surface area (Å²) in [5, 5.41) is 0.714. The molecule has 0 spiro atoms. The summed E-state index contributed by atoms with van der Waals surface area (Å²) < 4.78 is 1.63. The van der Waals surface area contributed by atoms with E-state index in [0.29, 0.717) is 17.5 Å². The van der Waals surface area contributed by atoms with Gasteiger partial charge in [-0.1, -0.05) is 54.2 Å². The van der Waals surface area contributed by atoms with Gasteiger partial charge in [0, 0.05) is 57.3 Å². The van der Waals surface area contributed by atoms with E-state index in [1.54, 1.807) is 4.57 Å². The summed E-state index contributed by atoms with van der Waals surface area (Å²) in [7, 11) is 0. The minimum Gasteiger partial charge on any atom is -0.340 e. The highest BCUT2D eigenvalue weighted by Crippen LogP contribution is 2.26. The molecule has 2 aromatic rings. The van der Waals surface area contributed by atoms with Crippen molar-refractivity contribution in [3.05, 3.63) is 64.6 Å². The van der Waals surface area contributed by atoms with Crippen LogP contribution in [0.4, 0.5) is 0 Å². The van der Waals surface area contributed by atoms with Gasteiger partial charge in [0.1, 0.15) is 0 Å². The number of hydrogen-bond donors (Lipinski definition) is 0. The standard InChI is InChI=1S/C21H24N4O2S/c26-19-8-9-22-21-25(19)15-18(16-28-21)20(27)24-13-11-23(12-14-24)10-4-7-17-5-2-1-3-6-17/h1-9,18H,10-16H2. The van der Waals surface area contributed by atoms with Gasteiger partial charge in [-0.05, 0) is 5.56 Å². The SMILES string of the molecule is O=C(C1CSc2nccc(=O)n2C1)N1CCN(CC=Cc2ccccc2)CC1. The van der Waals surface area contributed by atoms with Crippen molar-refractivity contribution in [1.82, 2.24) is 19.4 Å². The lowest BCUT2D eigenvalue weighted by Gasteiger charge is -2.36. The number of benzene rings is 1. The first-order chi connectivity index (χ1) is 13.7. The summed E-state index contributed by atoms with van der Waals surface area (Å²) in [6, 6.07) is 11.7. The summed E-state index contributed by atoms with van der Waals surface area (Å²) >= 11 is 1.50. The van der Waals surface area contributed by atoms with Crippen LogP contribution in [0.25, 0.3) is 6.08 Å². The van der Waals surface area contributed by atoms with Crippen molar-refractivity contribution in [3.63, 3.8) is 0 Å². The van der Waals surface area contributed by atoms with Crippen LogP contribution in [0.2, 0.25) is 0 Å². The summed E-state index contributed by atoms with van der Waals surface area (Å²) in [6.07, 6.45) is 5.86. The van der Waals surface area contributed by atoms with Gasteiger partial charge in [-0.15, -0.1) is 0 Å². The highest BCUT2D eigenvalue weighted by molar-refractivity contribution is 7.99. The predicted octanol–water partition coefficient (Wildman–Crippen LogP) is 1.82. The van der Waals surface area contributed by atoms with Gasteiger partial charge in [0.15, 0.2) is 5.16 Å². The Morgan fingerprint density at radius 1 is 1.14 bits per heavy atom. The Labute approximate surface area is 168 Å². The maximum atomic E-state index is 12.9. The van der Waals surface area contributed by atoms with Gasteiger partial charge >= 0.3 is 0 Å². The van der Waals surface area contributed by atoms with Gasteiger partial charge in [-0.2, -0.15) is 0 Å². The van der Waals surface area contributed by atoms with Gasteiger partial charge in [-0.3, -0.25) is 19.1 Å². The molecule has 3 heterocycles. The van der Waals surface area contributed by atoms with Crippen LogP contribution in [-0.2, 0) is 11.3 Å². The Morgan fingerprint density at radius 2 is 1.93 bits per heavy atom. The molecule has 1 atom stereocenters. The van der Waals surface area contributed by atoms with E-state index in [9.17, 15) is 9.59 Å². The van der Waals surface area contributed by atoms with Gasteiger partial charge in [0.05, 0.1) is 5.92 Å².